The van der Waals surface area contributed by atoms with Crippen LogP contribution in [0.2, 0.25) is 0 Å². The van der Waals surface area contributed by atoms with Crippen molar-refractivity contribution in [3.8, 4) is 6.07 Å². The highest BCUT2D eigenvalue weighted by molar-refractivity contribution is 6.22. The Morgan fingerprint density at radius 3 is 2.85 bits per heavy atom. The molecular weight excluding hydrogens is 189 g/mol. The Kier molecular flexibility index (Phi) is 3.27. The number of hydrogen-bond acceptors (Lipinski definition) is 1. The molecule has 0 amide bonds. The summed E-state index contributed by atoms with van der Waals surface area (Å²) in [6, 6.07) is 6.74. The molecule has 1 atom stereocenters. The molecule has 3 heteroatoms. The lowest BCUT2D eigenvalue weighted by atomic mass is 10.1. The fourth-order valence-corrected chi connectivity index (χ4v) is 1.31. The fourth-order valence-electron chi connectivity index (χ4n) is 1.14. The van der Waals surface area contributed by atoms with Gasteiger partial charge in [0.2, 0.25) is 0 Å². The summed E-state index contributed by atoms with van der Waals surface area (Å²) in [5.41, 5.74) is 0.863. The SMILES string of the molecule is CCc1cccc(C(Cl)C#N)c1F. The molecule has 1 nitrogen and oxygen atoms in total. The van der Waals surface area contributed by atoms with E-state index in [9.17, 15) is 4.39 Å². The van der Waals surface area contributed by atoms with Crippen LogP contribution < -0.4 is 0 Å². The number of halogens is 2. The summed E-state index contributed by atoms with van der Waals surface area (Å²) >= 11 is 5.62. The maximum absolute atomic E-state index is 13.5. The van der Waals surface area contributed by atoms with Crippen LogP contribution in [0.4, 0.5) is 4.39 Å². The summed E-state index contributed by atoms with van der Waals surface area (Å²) in [4.78, 5) is 0. The Hall–Kier alpha value is -1.07. The van der Waals surface area contributed by atoms with Crippen LogP contribution >= 0.6 is 11.6 Å². The molecular formula is C10H9ClFN. The molecule has 0 aromatic heterocycles. The molecule has 0 aliphatic rings. The summed E-state index contributed by atoms with van der Waals surface area (Å²) < 4.78 is 13.5. The van der Waals surface area contributed by atoms with Gasteiger partial charge in [0.15, 0.2) is 0 Å². The monoisotopic (exact) mass is 197 g/mol. The molecule has 13 heavy (non-hydrogen) atoms. The number of alkyl halides is 1. The van der Waals surface area contributed by atoms with Crippen LogP contribution in [0, 0.1) is 17.1 Å². The van der Waals surface area contributed by atoms with E-state index < -0.39 is 5.38 Å². The van der Waals surface area contributed by atoms with E-state index in [1.165, 1.54) is 6.07 Å². The molecule has 0 heterocycles. The molecule has 1 aromatic carbocycles. The van der Waals surface area contributed by atoms with E-state index >= 15 is 0 Å². The zero-order valence-corrected chi connectivity index (χ0v) is 7.98. The van der Waals surface area contributed by atoms with Crippen molar-refractivity contribution in [3.63, 3.8) is 0 Å². The topological polar surface area (TPSA) is 23.8 Å². The first-order chi connectivity index (χ1) is 6.20. The van der Waals surface area contributed by atoms with Crippen molar-refractivity contribution < 1.29 is 4.39 Å². The Morgan fingerprint density at radius 2 is 2.31 bits per heavy atom. The lowest BCUT2D eigenvalue weighted by Crippen LogP contribution is -1.96. The van der Waals surface area contributed by atoms with E-state index in [4.69, 9.17) is 16.9 Å². The van der Waals surface area contributed by atoms with Gasteiger partial charge in [-0.05, 0) is 12.0 Å². The summed E-state index contributed by atoms with van der Waals surface area (Å²) in [5, 5.41) is 7.63. The molecule has 0 bridgehead atoms. The van der Waals surface area contributed by atoms with Crippen molar-refractivity contribution in [2.24, 2.45) is 0 Å². The van der Waals surface area contributed by atoms with Gasteiger partial charge >= 0.3 is 0 Å². The highest BCUT2D eigenvalue weighted by Gasteiger charge is 2.13. The number of nitrogens with zero attached hydrogens (tertiary/aromatic N) is 1. The molecule has 1 unspecified atom stereocenters. The quantitative estimate of drug-likeness (QED) is 0.668. The Bertz CT molecular complexity index is 343. The maximum Gasteiger partial charge on any atom is 0.148 e. The fraction of sp³-hybridized carbons (Fsp3) is 0.300. The number of hydrogen-bond donors (Lipinski definition) is 0. The molecule has 68 valence electrons. The zero-order chi connectivity index (χ0) is 9.84. The Labute approximate surface area is 81.8 Å². The van der Waals surface area contributed by atoms with Gasteiger partial charge in [0, 0.05) is 5.56 Å². The zero-order valence-electron chi connectivity index (χ0n) is 7.22. The molecule has 0 saturated carbocycles. The lowest BCUT2D eigenvalue weighted by molar-refractivity contribution is 0.598. The second-order valence-electron chi connectivity index (χ2n) is 2.67. The second kappa shape index (κ2) is 4.25. The summed E-state index contributed by atoms with van der Waals surface area (Å²) in [7, 11) is 0. The van der Waals surface area contributed by atoms with E-state index in [2.05, 4.69) is 0 Å². The van der Waals surface area contributed by atoms with Crippen molar-refractivity contribution >= 4 is 11.6 Å². The standard InChI is InChI=1S/C10H9ClFN/c1-2-7-4-3-5-8(10(7)12)9(11)6-13/h3-5,9H,2H2,1H3. The van der Waals surface area contributed by atoms with Gasteiger partial charge in [-0.3, -0.25) is 0 Å². The van der Waals surface area contributed by atoms with Crippen LogP contribution in [0.15, 0.2) is 18.2 Å². The minimum Gasteiger partial charge on any atom is -0.206 e. The number of benzene rings is 1. The van der Waals surface area contributed by atoms with Crippen LogP contribution in [0.5, 0.6) is 0 Å². The van der Waals surface area contributed by atoms with Crippen LogP contribution in [-0.2, 0) is 6.42 Å². The summed E-state index contributed by atoms with van der Waals surface area (Å²) in [6.45, 7) is 1.86. The number of aryl methyl sites for hydroxylation is 1. The molecule has 0 N–H and O–H groups in total. The van der Waals surface area contributed by atoms with E-state index in [0.717, 1.165) is 0 Å². The minimum absolute atomic E-state index is 0.267. The second-order valence-corrected chi connectivity index (χ2v) is 3.10. The van der Waals surface area contributed by atoms with Crippen LogP contribution in [0.1, 0.15) is 23.4 Å². The lowest BCUT2D eigenvalue weighted by Gasteiger charge is -2.06. The first-order valence-corrected chi connectivity index (χ1v) is 4.45. The van der Waals surface area contributed by atoms with Crippen molar-refractivity contribution in [1.82, 2.24) is 0 Å². The van der Waals surface area contributed by atoms with Gasteiger partial charge in [-0.2, -0.15) is 5.26 Å². The van der Waals surface area contributed by atoms with Gasteiger partial charge < -0.3 is 0 Å². The largest absolute Gasteiger partial charge is 0.206 e. The van der Waals surface area contributed by atoms with E-state index in [0.29, 0.717) is 12.0 Å². The Balaban J connectivity index is 3.17. The normalized spacial score (nSPS) is 12.2. The number of rotatable bonds is 2. The van der Waals surface area contributed by atoms with Gasteiger partial charge in [0.05, 0.1) is 6.07 Å². The van der Waals surface area contributed by atoms with Gasteiger partial charge in [-0.15, -0.1) is 11.6 Å². The van der Waals surface area contributed by atoms with Crippen molar-refractivity contribution in [3.05, 3.63) is 35.1 Å². The predicted octanol–water partition coefficient (Wildman–Crippen LogP) is 3.19. The van der Waals surface area contributed by atoms with E-state index in [1.54, 1.807) is 18.2 Å². The molecule has 1 aromatic rings. The number of nitriles is 1. The van der Waals surface area contributed by atoms with Crippen molar-refractivity contribution in [1.29, 1.82) is 5.26 Å². The first kappa shape index (κ1) is 10.0. The molecule has 0 spiro atoms. The molecule has 1 rings (SSSR count). The molecule has 0 saturated heterocycles. The van der Waals surface area contributed by atoms with Crippen molar-refractivity contribution in [2.45, 2.75) is 18.7 Å². The van der Waals surface area contributed by atoms with Gasteiger partial charge in [0.25, 0.3) is 0 Å². The first-order valence-electron chi connectivity index (χ1n) is 4.01. The van der Waals surface area contributed by atoms with Crippen molar-refractivity contribution in [2.75, 3.05) is 0 Å². The maximum atomic E-state index is 13.5. The molecule has 0 radical (unpaired) electrons. The summed E-state index contributed by atoms with van der Waals surface area (Å²) in [5.74, 6) is -0.355. The third-order valence-electron chi connectivity index (χ3n) is 1.88. The highest BCUT2D eigenvalue weighted by Crippen LogP contribution is 2.24. The summed E-state index contributed by atoms with van der Waals surface area (Å²) in [6.07, 6.45) is 0.606. The van der Waals surface area contributed by atoms with Gasteiger partial charge in [-0.1, -0.05) is 25.1 Å². The van der Waals surface area contributed by atoms with E-state index in [-0.39, 0.29) is 11.4 Å². The van der Waals surface area contributed by atoms with Gasteiger partial charge in [0.1, 0.15) is 11.2 Å². The van der Waals surface area contributed by atoms with Crippen LogP contribution in [-0.4, -0.2) is 0 Å². The van der Waals surface area contributed by atoms with Crippen LogP contribution in [0.25, 0.3) is 0 Å². The third kappa shape index (κ3) is 1.99. The van der Waals surface area contributed by atoms with Gasteiger partial charge in [-0.25, -0.2) is 4.39 Å². The smallest absolute Gasteiger partial charge is 0.148 e. The highest BCUT2D eigenvalue weighted by atomic mass is 35.5. The predicted molar refractivity (Wildman–Crippen MR) is 50.0 cm³/mol. The molecule has 0 aliphatic heterocycles. The van der Waals surface area contributed by atoms with Crippen LogP contribution in [0.3, 0.4) is 0 Å². The molecule has 0 fully saturated rings. The Morgan fingerprint density at radius 1 is 1.62 bits per heavy atom. The molecule has 0 aliphatic carbocycles. The third-order valence-corrected chi connectivity index (χ3v) is 2.21. The minimum atomic E-state index is -0.897. The average Bonchev–Trinajstić information content (AvgIpc) is 2.17. The van der Waals surface area contributed by atoms with E-state index in [1.807, 2.05) is 6.92 Å². The average molecular weight is 198 g/mol.